The molecule has 0 aromatic carbocycles. The summed E-state index contributed by atoms with van der Waals surface area (Å²) in [5.41, 5.74) is -0.742. The van der Waals surface area contributed by atoms with Gasteiger partial charge in [-0.05, 0) is 82.4 Å². The minimum absolute atomic E-state index is 0.0107. The second-order valence-corrected chi connectivity index (χ2v) is 9.79. The summed E-state index contributed by atoms with van der Waals surface area (Å²) in [6.07, 6.45) is 5.96. The lowest BCUT2D eigenvalue weighted by atomic mass is 9.52. The maximum atomic E-state index is 12.9. The van der Waals surface area contributed by atoms with Gasteiger partial charge in [0.05, 0.1) is 6.54 Å². The predicted octanol–water partition coefficient (Wildman–Crippen LogP) is 3.29. The molecule has 1 aromatic heterocycles. The van der Waals surface area contributed by atoms with Crippen molar-refractivity contribution >= 4 is 29.4 Å². The van der Waals surface area contributed by atoms with Crippen molar-refractivity contribution in [3.8, 4) is 0 Å². The summed E-state index contributed by atoms with van der Waals surface area (Å²) in [5, 5.41) is 5.55. The number of hydrogen-bond donors (Lipinski definition) is 2. The number of nitrogens with one attached hydrogen (secondary N) is 2. The van der Waals surface area contributed by atoms with Gasteiger partial charge in [-0.15, -0.1) is 0 Å². The van der Waals surface area contributed by atoms with Gasteiger partial charge < -0.3 is 15.4 Å². The van der Waals surface area contributed by atoms with Gasteiger partial charge in [-0.25, -0.2) is 14.8 Å². The molecular formula is C21H29ClN4O4. The van der Waals surface area contributed by atoms with E-state index in [1.807, 2.05) is 20.8 Å². The number of amides is 2. The SMILES string of the molecule is CC(C)(C)OC(=O)NC[C@]12CC[C@](C(=O)CNC(=O)c3ccnc(Cl)n3)(CC1)CC2. The number of carbonyl (C=O) groups excluding carboxylic acids is 3. The average molecular weight is 437 g/mol. The van der Waals surface area contributed by atoms with Crippen LogP contribution in [-0.2, 0) is 9.53 Å². The molecule has 0 aliphatic heterocycles. The highest BCUT2D eigenvalue weighted by Gasteiger charge is 2.51. The zero-order chi connectivity index (χ0) is 22.0. The molecule has 0 radical (unpaired) electrons. The molecule has 1 heterocycles. The van der Waals surface area contributed by atoms with Crippen LogP contribution in [0.3, 0.4) is 0 Å². The second-order valence-electron chi connectivity index (χ2n) is 9.45. The van der Waals surface area contributed by atoms with Crippen LogP contribution in [0.2, 0.25) is 5.28 Å². The molecule has 3 fully saturated rings. The number of ether oxygens (including phenoxy) is 1. The molecule has 164 valence electrons. The Labute approximate surface area is 181 Å². The van der Waals surface area contributed by atoms with Crippen molar-refractivity contribution in [1.29, 1.82) is 0 Å². The van der Waals surface area contributed by atoms with Crippen LogP contribution in [0.4, 0.5) is 4.79 Å². The standard InChI is InChI=1S/C21H29ClN4O4/c1-19(2,3)30-18(29)25-13-20-5-8-21(9-6-20,10-7-20)15(27)12-24-16(28)14-4-11-23-17(22)26-14/h4,11H,5-10,12-13H2,1-3H3,(H,24,28)(H,25,29)/t20-,21+. The maximum Gasteiger partial charge on any atom is 0.407 e. The lowest BCUT2D eigenvalue weighted by molar-refractivity contribution is -0.136. The molecule has 3 saturated carbocycles. The smallest absolute Gasteiger partial charge is 0.407 e. The molecule has 0 saturated heterocycles. The van der Waals surface area contributed by atoms with E-state index in [2.05, 4.69) is 20.6 Å². The molecular weight excluding hydrogens is 408 g/mol. The van der Waals surface area contributed by atoms with Gasteiger partial charge in [-0.2, -0.15) is 0 Å². The van der Waals surface area contributed by atoms with Crippen molar-refractivity contribution in [1.82, 2.24) is 20.6 Å². The molecule has 0 atom stereocenters. The molecule has 1 aromatic rings. The van der Waals surface area contributed by atoms with Crippen molar-refractivity contribution in [2.75, 3.05) is 13.1 Å². The van der Waals surface area contributed by atoms with Crippen LogP contribution >= 0.6 is 11.6 Å². The Morgan fingerprint density at radius 1 is 1.10 bits per heavy atom. The van der Waals surface area contributed by atoms with Gasteiger partial charge in [0, 0.05) is 18.2 Å². The van der Waals surface area contributed by atoms with E-state index in [1.54, 1.807) is 0 Å². The first-order valence-corrected chi connectivity index (χ1v) is 10.7. The van der Waals surface area contributed by atoms with E-state index in [1.165, 1.54) is 12.3 Å². The van der Waals surface area contributed by atoms with Gasteiger partial charge in [-0.3, -0.25) is 9.59 Å². The van der Waals surface area contributed by atoms with E-state index >= 15 is 0 Å². The summed E-state index contributed by atoms with van der Waals surface area (Å²) in [7, 11) is 0. The fourth-order valence-electron chi connectivity index (χ4n) is 4.42. The summed E-state index contributed by atoms with van der Waals surface area (Å²) in [6, 6.07) is 1.46. The highest BCUT2D eigenvalue weighted by Crippen LogP contribution is 2.56. The van der Waals surface area contributed by atoms with Crippen LogP contribution in [0.25, 0.3) is 0 Å². The Bertz CT molecular complexity index is 812. The van der Waals surface area contributed by atoms with E-state index < -0.39 is 17.6 Å². The van der Waals surface area contributed by atoms with Gasteiger partial charge in [0.15, 0.2) is 5.78 Å². The molecule has 9 heteroatoms. The number of nitrogens with zero attached hydrogens (tertiary/aromatic N) is 2. The van der Waals surface area contributed by atoms with E-state index in [9.17, 15) is 14.4 Å². The van der Waals surface area contributed by atoms with Gasteiger partial charge in [0.2, 0.25) is 5.28 Å². The summed E-state index contributed by atoms with van der Waals surface area (Å²) in [4.78, 5) is 44.8. The maximum absolute atomic E-state index is 12.9. The summed E-state index contributed by atoms with van der Waals surface area (Å²) < 4.78 is 5.33. The number of fused-ring (bicyclic) bond motifs is 3. The first kappa shape index (κ1) is 22.5. The molecule has 2 bridgehead atoms. The van der Waals surface area contributed by atoms with E-state index in [0.29, 0.717) is 6.54 Å². The third-order valence-electron chi connectivity index (χ3n) is 6.27. The van der Waals surface area contributed by atoms with E-state index in [-0.39, 0.29) is 34.1 Å². The molecule has 30 heavy (non-hydrogen) atoms. The highest BCUT2D eigenvalue weighted by atomic mass is 35.5. The highest BCUT2D eigenvalue weighted by molar-refractivity contribution is 6.28. The lowest BCUT2D eigenvalue weighted by Gasteiger charge is -2.52. The Balaban J connectivity index is 1.50. The molecule has 3 aliphatic rings. The number of hydrogen-bond acceptors (Lipinski definition) is 6. The van der Waals surface area contributed by atoms with Crippen molar-refractivity contribution in [3.05, 3.63) is 23.2 Å². The number of halogens is 1. The number of ketones is 1. The number of carbonyl (C=O) groups is 3. The molecule has 8 nitrogen and oxygen atoms in total. The lowest BCUT2D eigenvalue weighted by Crippen LogP contribution is -2.52. The molecule has 0 spiro atoms. The Kier molecular flexibility index (Phi) is 6.36. The molecule has 2 amide bonds. The van der Waals surface area contributed by atoms with Crippen LogP contribution < -0.4 is 10.6 Å². The fourth-order valence-corrected chi connectivity index (χ4v) is 4.57. The molecule has 0 unspecified atom stereocenters. The predicted molar refractivity (Wildman–Crippen MR) is 111 cm³/mol. The van der Waals surface area contributed by atoms with Crippen LogP contribution in [0.15, 0.2) is 12.3 Å². The average Bonchev–Trinajstić information content (AvgIpc) is 2.70. The monoisotopic (exact) mass is 436 g/mol. The minimum Gasteiger partial charge on any atom is -0.444 e. The summed E-state index contributed by atoms with van der Waals surface area (Å²) >= 11 is 5.71. The van der Waals surface area contributed by atoms with E-state index in [0.717, 1.165) is 38.5 Å². The van der Waals surface area contributed by atoms with Gasteiger partial charge in [0.1, 0.15) is 11.3 Å². The number of Topliss-reactive ketones (excluding diaryl/α,β-unsaturated/α-hetero) is 1. The second kappa shape index (κ2) is 8.49. The van der Waals surface area contributed by atoms with Gasteiger partial charge in [-0.1, -0.05) is 0 Å². The first-order valence-electron chi connectivity index (χ1n) is 10.3. The normalized spacial score (nSPS) is 25.5. The third kappa shape index (κ3) is 5.28. The van der Waals surface area contributed by atoms with Crippen LogP contribution in [0.1, 0.15) is 69.8 Å². The first-order chi connectivity index (χ1) is 14.0. The number of alkyl carbamates (subject to hydrolysis) is 1. The van der Waals surface area contributed by atoms with Crippen molar-refractivity contribution < 1.29 is 19.1 Å². The van der Waals surface area contributed by atoms with Gasteiger partial charge in [0.25, 0.3) is 5.91 Å². The Hall–Kier alpha value is -2.22. The van der Waals surface area contributed by atoms with Crippen molar-refractivity contribution in [2.24, 2.45) is 10.8 Å². The van der Waals surface area contributed by atoms with E-state index in [4.69, 9.17) is 16.3 Å². The van der Waals surface area contributed by atoms with Gasteiger partial charge >= 0.3 is 6.09 Å². The van der Waals surface area contributed by atoms with Crippen LogP contribution in [0.5, 0.6) is 0 Å². The largest absolute Gasteiger partial charge is 0.444 e. The summed E-state index contributed by atoms with van der Waals surface area (Å²) in [6.45, 7) is 6.06. The quantitative estimate of drug-likeness (QED) is 0.662. The topological polar surface area (TPSA) is 110 Å². The Morgan fingerprint density at radius 3 is 2.30 bits per heavy atom. The minimum atomic E-state index is -0.524. The zero-order valence-electron chi connectivity index (χ0n) is 17.7. The zero-order valence-corrected chi connectivity index (χ0v) is 18.5. The molecule has 3 aliphatic carbocycles. The Morgan fingerprint density at radius 2 is 1.73 bits per heavy atom. The number of aromatic nitrogens is 2. The fraction of sp³-hybridized carbons (Fsp3) is 0.667. The molecule has 2 N–H and O–H groups in total. The van der Waals surface area contributed by atoms with Crippen LogP contribution in [-0.4, -0.2) is 46.4 Å². The van der Waals surface area contributed by atoms with Crippen molar-refractivity contribution in [2.45, 2.75) is 64.9 Å². The molecule has 4 rings (SSSR count). The van der Waals surface area contributed by atoms with Crippen LogP contribution in [0, 0.1) is 10.8 Å². The van der Waals surface area contributed by atoms with Crippen molar-refractivity contribution in [3.63, 3.8) is 0 Å². The number of rotatable bonds is 6. The third-order valence-corrected chi connectivity index (χ3v) is 6.45. The summed E-state index contributed by atoms with van der Waals surface area (Å²) in [5.74, 6) is -0.379.